The van der Waals surface area contributed by atoms with E-state index in [9.17, 15) is 0 Å². The Bertz CT molecular complexity index is 420. The van der Waals surface area contributed by atoms with E-state index in [0.717, 1.165) is 12.2 Å². The van der Waals surface area contributed by atoms with E-state index in [1.807, 2.05) is 4.68 Å². The molecule has 0 amide bonds. The summed E-state index contributed by atoms with van der Waals surface area (Å²) in [4.78, 5) is 4.89. The quantitative estimate of drug-likeness (QED) is 0.891. The predicted octanol–water partition coefficient (Wildman–Crippen LogP) is 2.85. The molecular weight excluding hydrogens is 236 g/mol. The second-order valence-electron chi connectivity index (χ2n) is 6.41. The number of hydrogen-bond acceptors (Lipinski definition) is 3. The second kappa shape index (κ2) is 5.61. The fraction of sp³-hybridized carbons (Fsp3) is 0.867. The first-order chi connectivity index (χ1) is 9.24. The molecule has 19 heavy (non-hydrogen) atoms. The molecule has 106 valence electrons. The van der Waals surface area contributed by atoms with Crippen LogP contribution in [0.3, 0.4) is 0 Å². The van der Waals surface area contributed by atoms with E-state index < -0.39 is 0 Å². The first-order valence-electron chi connectivity index (χ1n) is 7.90. The van der Waals surface area contributed by atoms with Crippen LogP contribution in [-0.4, -0.2) is 20.8 Å². The van der Waals surface area contributed by atoms with Gasteiger partial charge >= 0.3 is 0 Å². The molecule has 1 aromatic rings. The maximum atomic E-state index is 6.10. The molecule has 1 aromatic heterocycles. The van der Waals surface area contributed by atoms with Crippen LogP contribution in [0, 0.1) is 0 Å². The van der Waals surface area contributed by atoms with Crippen LogP contribution in [0.25, 0.3) is 0 Å². The molecule has 0 bridgehead atoms. The van der Waals surface area contributed by atoms with E-state index in [1.165, 1.54) is 57.2 Å². The minimum absolute atomic E-state index is 0.355. The Kier molecular flexibility index (Phi) is 3.87. The van der Waals surface area contributed by atoms with Gasteiger partial charge in [-0.15, -0.1) is 0 Å². The van der Waals surface area contributed by atoms with Crippen molar-refractivity contribution in [3.63, 3.8) is 0 Å². The Labute approximate surface area is 115 Å². The molecule has 2 N–H and O–H groups in total. The number of hydrogen-bond donors (Lipinski definition) is 1. The van der Waals surface area contributed by atoms with Gasteiger partial charge in [-0.3, -0.25) is 4.68 Å². The summed E-state index contributed by atoms with van der Waals surface area (Å²) < 4.78 is 2.02. The van der Waals surface area contributed by atoms with Crippen molar-refractivity contribution in [3.05, 3.63) is 11.6 Å². The zero-order valence-electron chi connectivity index (χ0n) is 12.0. The molecule has 0 aliphatic heterocycles. The van der Waals surface area contributed by atoms with Crippen LogP contribution in [0.2, 0.25) is 0 Å². The van der Waals surface area contributed by atoms with Crippen LogP contribution in [0.4, 0.5) is 0 Å². The first kappa shape index (κ1) is 13.1. The van der Waals surface area contributed by atoms with Gasteiger partial charge in [0.25, 0.3) is 0 Å². The summed E-state index contributed by atoms with van der Waals surface area (Å²) in [5.74, 6) is 3.40. The third-order valence-corrected chi connectivity index (χ3v) is 4.86. The molecule has 2 aliphatic rings. The van der Waals surface area contributed by atoms with Crippen molar-refractivity contribution in [1.29, 1.82) is 0 Å². The normalized spacial score (nSPS) is 29.6. The molecule has 2 aliphatic carbocycles. The molecule has 3 rings (SSSR count). The maximum Gasteiger partial charge on any atom is 0.154 e. The van der Waals surface area contributed by atoms with Gasteiger partial charge in [-0.1, -0.05) is 25.7 Å². The minimum atomic E-state index is 0.355. The van der Waals surface area contributed by atoms with E-state index in [2.05, 4.69) is 7.05 Å². The number of aryl methyl sites for hydroxylation is 1. The lowest BCUT2D eigenvalue weighted by Gasteiger charge is -2.25. The summed E-state index contributed by atoms with van der Waals surface area (Å²) in [5.41, 5.74) is 6.10. The number of nitrogens with two attached hydrogens (primary N) is 1. The van der Waals surface area contributed by atoms with E-state index in [1.54, 1.807) is 0 Å². The van der Waals surface area contributed by atoms with Crippen LogP contribution >= 0.6 is 0 Å². The van der Waals surface area contributed by atoms with Crippen molar-refractivity contribution in [2.24, 2.45) is 12.8 Å². The van der Waals surface area contributed by atoms with E-state index >= 15 is 0 Å². The Morgan fingerprint density at radius 3 is 2.47 bits per heavy atom. The van der Waals surface area contributed by atoms with Crippen molar-refractivity contribution >= 4 is 0 Å². The van der Waals surface area contributed by atoms with Crippen LogP contribution < -0.4 is 5.73 Å². The summed E-state index contributed by atoms with van der Waals surface area (Å²) >= 11 is 0. The van der Waals surface area contributed by atoms with Gasteiger partial charge in [-0.2, -0.15) is 5.10 Å². The molecule has 0 aromatic carbocycles. The number of aromatic nitrogens is 3. The molecule has 0 spiro atoms. The van der Waals surface area contributed by atoms with Crippen molar-refractivity contribution in [2.45, 2.75) is 75.7 Å². The van der Waals surface area contributed by atoms with Gasteiger partial charge in [-0.25, -0.2) is 4.98 Å². The topological polar surface area (TPSA) is 56.7 Å². The van der Waals surface area contributed by atoms with Crippen molar-refractivity contribution in [3.8, 4) is 0 Å². The fourth-order valence-corrected chi connectivity index (χ4v) is 3.77. The van der Waals surface area contributed by atoms with Crippen molar-refractivity contribution in [1.82, 2.24) is 14.8 Å². The summed E-state index contributed by atoms with van der Waals surface area (Å²) in [6.45, 7) is 0. The lowest BCUT2D eigenvalue weighted by atomic mass is 9.85. The Morgan fingerprint density at radius 2 is 1.74 bits per heavy atom. The van der Waals surface area contributed by atoms with Gasteiger partial charge < -0.3 is 5.73 Å². The first-order valence-corrected chi connectivity index (χ1v) is 7.90. The molecule has 2 saturated carbocycles. The van der Waals surface area contributed by atoms with Gasteiger partial charge in [0.15, 0.2) is 5.82 Å². The standard InChI is InChI=1S/C15H26N4/c1-19-15(12-8-5-9-13(16)10-12)17-14(18-19)11-6-3-2-4-7-11/h11-13H,2-10,16H2,1H3. The smallest absolute Gasteiger partial charge is 0.154 e. The third-order valence-electron chi connectivity index (χ3n) is 4.86. The van der Waals surface area contributed by atoms with Crippen molar-refractivity contribution < 1.29 is 0 Å². The second-order valence-corrected chi connectivity index (χ2v) is 6.41. The maximum absolute atomic E-state index is 6.10. The number of rotatable bonds is 2. The SMILES string of the molecule is Cn1nc(C2CCCCC2)nc1C1CCCC(N)C1. The number of nitrogens with zero attached hydrogens (tertiary/aromatic N) is 3. The molecule has 4 heteroatoms. The van der Waals surface area contributed by atoms with Crippen LogP contribution in [0.15, 0.2) is 0 Å². The van der Waals surface area contributed by atoms with Gasteiger partial charge in [0.05, 0.1) is 0 Å². The van der Waals surface area contributed by atoms with Gasteiger partial charge in [0.2, 0.25) is 0 Å². The average Bonchev–Trinajstić information content (AvgIpc) is 2.82. The van der Waals surface area contributed by atoms with E-state index in [0.29, 0.717) is 17.9 Å². The monoisotopic (exact) mass is 262 g/mol. The Hall–Kier alpha value is -0.900. The zero-order chi connectivity index (χ0) is 13.2. The highest BCUT2D eigenvalue weighted by Gasteiger charge is 2.27. The van der Waals surface area contributed by atoms with E-state index in [-0.39, 0.29) is 0 Å². The highest BCUT2D eigenvalue weighted by Crippen LogP contribution is 2.34. The fourth-order valence-electron chi connectivity index (χ4n) is 3.77. The molecule has 2 fully saturated rings. The predicted molar refractivity (Wildman–Crippen MR) is 76.0 cm³/mol. The van der Waals surface area contributed by atoms with Gasteiger partial charge in [-0.05, 0) is 32.1 Å². The molecule has 2 atom stereocenters. The molecule has 1 heterocycles. The van der Waals surface area contributed by atoms with Crippen molar-refractivity contribution in [2.75, 3.05) is 0 Å². The Balaban J connectivity index is 1.76. The molecule has 0 saturated heterocycles. The van der Waals surface area contributed by atoms with Gasteiger partial charge in [0, 0.05) is 24.9 Å². The highest BCUT2D eigenvalue weighted by atomic mass is 15.3. The third kappa shape index (κ3) is 2.83. The highest BCUT2D eigenvalue weighted by molar-refractivity contribution is 5.06. The van der Waals surface area contributed by atoms with Crippen LogP contribution in [0.5, 0.6) is 0 Å². The van der Waals surface area contributed by atoms with Crippen LogP contribution in [0.1, 0.15) is 81.3 Å². The summed E-state index contributed by atoms with van der Waals surface area (Å²) in [7, 11) is 2.05. The average molecular weight is 262 g/mol. The Morgan fingerprint density at radius 1 is 1.00 bits per heavy atom. The lowest BCUT2D eigenvalue weighted by Crippen LogP contribution is -2.28. The summed E-state index contributed by atoms with van der Waals surface area (Å²) in [6, 6.07) is 0.355. The molecular formula is C15H26N4. The van der Waals surface area contributed by atoms with E-state index in [4.69, 9.17) is 15.8 Å². The lowest BCUT2D eigenvalue weighted by molar-refractivity contribution is 0.374. The minimum Gasteiger partial charge on any atom is -0.328 e. The largest absolute Gasteiger partial charge is 0.328 e. The zero-order valence-corrected chi connectivity index (χ0v) is 12.0. The summed E-state index contributed by atoms with van der Waals surface area (Å²) in [5, 5.41) is 4.70. The molecule has 2 unspecified atom stereocenters. The van der Waals surface area contributed by atoms with Gasteiger partial charge in [0.1, 0.15) is 5.82 Å². The van der Waals surface area contributed by atoms with Crippen LogP contribution in [-0.2, 0) is 7.05 Å². The molecule has 0 radical (unpaired) electrons. The molecule has 4 nitrogen and oxygen atoms in total. The summed E-state index contributed by atoms with van der Waals surface area (Å²) in [6.07, 6.45) is 11.3.